The molecule has 1 aromatic rings. The zero-order chi connectivity index (χ0) is 11.4. The summed E-state index contributed by atoms with van der Waals surface area (Å²) in [6.07, 6.45) is 6.59. The van der Waals surface area contributed by atoms with E-state index in [1.807, 2.05) is 0 Å². The van der Waals surface area contributed by atoms with Crippen molar-refractivity contribution in [1.29, 1.82) is 0 Å². The highest BCUT2D eigenvalue weighted by Gasteiger charge is 2.15. The molecule has 0 aliphatic carbocycles. The SMILES string of the molecule is COCC1=CCN(c2ncncc2Br)CC1. The highest BCUT2D eigenvalue weighted by Crippen LogP contribution is 2.24. The molecule has 0 saturated carbocycles. The fraction of sp³-hybridized carbons (Fsp3) is 0.455. The summed E-state index contributed by atoms with van der Waals surface area (Å²) >= 11 is 3.47. The first kappa shape index (κ1) is 11.5. The average Bonchev–Trinajstić information content (AvgIpc) is 2.31. The van der Waals surface area contributed by atoms with E-state index in [-0.39, 0.29) is 0 Å². The van der Waals surface area contributed by atoms with E-state index >= 15 is 0 Å². The van der Waals surface area contributed by atoms with E-state index in [0.29, 0.717) is 0 Å². The third-order valence-corrected chi connectivity index (χ3v) is 3.14. The van der Waals surface area contributed by atoms with Gasteiger partial charge in [0.15, 0.2) is 0 Å². The third kappa shape index (κ3) is 2.59. The number of hydrogen-bond acceptors (Lipinski definition) is 4. The lowest BCUT2D eigenvalue weighted by molar-refractivity contribution is 0.222. The first-order chi connectivity index (χ1) is 7.81. The fourth-order valence-electron chi connectivity index (χ4n) is 1.76. The van der Waals surface area contributed by atoms with Crippen LogP contribution in [0.1, 0.15) is 6.42 Å². The molecule has 0 N–H and O–H groups in total. The Morgan fingerprint density at radius 2 is 2.44 bits per heavy atom. The van der Waals surface area contributed by atoms with Crippen molar-refractivity contribution in [2.75, 3.05) is 31.7 Å². The molecule has 0 saturated heterocycles. The normalized spacial score (nSPS) is 16.1. The van der Waals surface area contributed by atoms with E-state index in [0.717, 1.165) is 36.4 Å². The smallest absolute Gasteiger partial charge is 0.146 e. The topological polar surface area (TPSA) is 38.2 Å². The molecular weight excluding hydrogens is 270 g/mol. The summed E-state index contributed by atoms with van der Waals surface area (Å²) in [7, 11) is 1.73. The van der Waals surface area contributed by atoms with Crippen molar-refractivity contribution in [3.63, 3.8) is 0 Å². The molecule has 0 spiro atoms. The highest BCUT2D eigenvalue weighted by molar-refractivity contribution is 9.10. The Hall–Kier alpha value is -0.940. The quantitative estimate of drug-likeness (QED) is 0.796. The summed E-state index contributed by atoms with van der Waals surface area (Å²) in [5, 5.41) is 0. The lowest BCUT2D eigenvalue weighted by Crippen LogP contribution is -2.30. The van der Waals surface area contributed by atoms with Gasteiger partial charge in [-0.3, -0.25) is 0 Å². The molecule has 5 heteroatoms. The first-order valence-electron chi connectivity index (χ1n) is 5.18. The first-order valence-corrected chi connectivity index (χ1v) is 5.98. The van der Waals surface area contributed by atoms with Crippen LogP contribution < -0.4 is 4.90 Å². The second-order valence-electron chi connectivity index (χ2n) is 3.69. The molecule has 0 amide bonds. The van der Waals surface area contributed by atoms with Crippen LogP contribution in [0.2, 0.25) is 0 Å². The lowest BCUT2D eigenvalue weighted by atomic mass is 10.1. The van der Waals surface area contributed by atoms with Gasteiger partial charge in [0.1, 0.15) is 12.1 Å². The predicted molar refractivity (Wildman–Crippen MR) is 66.5 cm³/mol. The molecule has 0 atom stereocenters. The zero-order valence-electron chi connectivity index (χ0n) is 9.19. The van der Waals surface area contributed by atoms with Gasteiger partial charge in [-0.2, -0.15) is 0 Å². The molecular formula is C11H14BrN3O. The summed E-state index contributed by atoms with van der Waals surface area (Å²) < 4.78 is 6.07. The van der Waals surface area contributed by atoms with Crippen LogP contribution in [0.15, 0.2) is 28.6 Å². The van der Waals surface area contributed by atoms with E-state index in [1.54, 1.807) is 19.6 Å². The van der Waals surface area contributed by atoms with Crippen LogP contribution in [-0.4, -0.2) is 36.8 Å². The second kappa shape index (κ2) is 5.41. The fourth-order valence-corrected chi connectivity index (χ4v) is 2.23. The minimum absolute atomic E-state index is 0.735. The number of anilines is 1. The Morgan fingerprint density at radius 1 is 1.56 bits per heavy atom. The van der Waals surface area contributed by atoms with Crippen LogP contribution in [0.25, 0.3) is 0 Å². The lowest BCUT2D eigenvalue weighted by Gasteiger charge is -2.27. The molecule has 86 valence electrons. The average molecular weight is 284 g/mol. The van der Waals surface area contributed by atoms with Gasteiger partial charge in [0.2, 0.25) is 0 Å². The molecule has 0 aromatic carbocycles. The van der Waals surface area contributed by atoms with Gasteiger partial charge in [-0.25, -0.2) is 9.97 Å². The molecule has 1 aromatic heterocycles. The summed E-state index contributed by atoms with van der Waals surface area (Å²) in [6.45, 7) is 2.60. The number of rotatable bonds is 3. The molecule has 16 heavy (non-hydrogen) atoms. The van der Waals surface area contributed by atoms with Crippen LogP contribution in [-0.2, 0) is 4.74 Å². The van der Waals surface area contributed by atoms with Gasteiger partial charge >= 0.3 is 0 Å². The summed E-state index contributed by atoms with van der Waals surface area (Å²) in [4.78, 5) is 10.5. The summed E-state index contributed by atoms with van der Waals surface area (Å²) in [5.41, 5.74) is 1.36. The maximum Gasteiger partial charge on any atom is 0.146 e. The van der Waals surface area contributed by atoms with Crippen LogP contribution in [0.5, 0.6) is 0 Å². The van der Waals surface area contributed by atoms with Crippen molar-refractivity contribution >= 4 is 21.7 Å². The van der Waals surface area contributed by atoms with Crippen LogP contribution in [0.3, 0.4) is 0 Å². The predicted octanol–water partition coefficient (Wildman–Crippen LogP) is 2.02. The van der Waals surface area contributed by atoms with Gasteiger partial charge in [-0.1, -0.05) is 6.08 Å². The molecule has 0 unspecified atom stereocenters. The van der Waals surface area contributed by atoms with E-state index in [2.05, 4.69) is 36.9 Å². The molecule has 2 heterocycles. The second-order valence-corrected chi connectivity index (χ2v) is 4.54. The van der Waals surface area contributed by atoms with Gasteiger partial charge in [-0.05, 0) is 27.9 Å². The number of ether oxygens (including phenoxy) is 1. The van der Waals surface area contributed by atoms with Crippen molar-refractivity contribution in [3.05, 3.63) is 28.6 Å². The van der Waals surface area contributed by atoms with Crippen LogP contribution in [0, 0.1) is 0 Å². The number of hydrogen-bond donors (Lipinski definition) is 0. The van der Waals surface area contributed by atoms with Gasteiger partial charge < -0.3 is 9.64 Å². The zero-order valence-corrected chi connectivity index (χ0v) is 10.8. The van der Waals surface area contributed by atoms with Crippen molar-refractivity contribution in [1.82, 2.24) is 9.97 Å². The van der Waals surface area contributed by atoms with Crippen molar-refractivity contribution in [2.24, 2.45) is 0 Å². The maximum absolute atomic E-state index is 5.12. The number of halogens is 1. The van der Waals surface area contributed by atoms with E-state index < -0.39 is 0 Å². The minimum Gasteiger partial charge on any atom is -0.380 e. The Morgan fingerprint density at radius 3 is 3.06 bits per heavy atom. The van der Waals surface area contributed by atoms with Crippen molar-refractivity contribution in [3.8, 4) is 0 Å². The van der Waals surface area contributed by atoms with Crippen molar-refractivity contribution in [2.45, 2.75) is 6.42 Å². The van der Waals surface area contributed by atoms with Gasteiger partial charge in [0.05, 0.1) is 11.1 Å². The standard InChI is InChI=1S/C11H14BrN3O/c1-16-7-9-2-4-15(5-3-9)11-10(12)6-13-8-14-11/h2,6,8H,3-5,7H2,1H3. The largest absolute Gasteiger partial charge is 0.380 e. The molecule has 1 aliphatic heterocycles. The molecule has 0 radical (unpaired) electrons. The Labute approximate surface area is 103 Å². The van der Waals surface area contributed by atoms with E-state index in [1.165, 1.54) is 5.57 Å². The molecule has 4 nitrogen and oxygen atoms in total. The van der Waals surface area contributed by atoms with E-state index in [9.17, 15) is 0 Å². The van der Waals surface area contributed by atoms with Crippen molar-refractivity contribution < 1.29 is 4.74 Å². The molecule has 0 bridgehead atoms. The minimum atomic E-state index is 0.735. The Balaban J connectivity index is 2.07. The summed E-state index contributed by atoms with van der Waals surface area (Å²) in [5.74, 6) is 0.961. The molecule has 2 rings (SSSR count). The Bertz CT molecular complexity index is 395. The maximum atomic E-state index is 5.12. The molecule has 0 fully saturated rings. The highest BCUT2D eigenvalue weighted by atomic mass is 79.9. The number of nitrogens with zero attached hydrogens (tertiary/aromatic N) is 3. The Kier molecular flexibility index (Phi) is 3.90. The van der Waals surface area contributed by atoms with Gasteiger partial charge in [0, 0.05) is 26.4 Å². The summed E-state index contributed by atoms with van der Waals surface area (Å²) in [6, 6.07) is 0. The number of aromatic nitrogens is 2. The van der Waals surface area contributed by atoms with Gasteiger partial charge in [0.25, 0.3) is 0 Å². The van der Waals surface area contributed by atoms with Crippen LogP contribution >= 0.6 is 15.9 Å². The number of methoxy groups -OCH3 is 1. The molecule has 1 aliphatic rings. The van der Waals surface area contributed by atoms with Gasteiger partial charge in [-0.15, -0.1) is 0 Å². The van der Waals surface area contributed by atoms with Crippen LogP contribution in [0.4, 0.5) is 5.82 Å². The third-order valence-electron chi connectivity index (χ3n) is 2.58. The monoisotopic (exact) mass is 283 g/mol. The van der Waals surface area contributed by atoms with E-state index in [4.69, 9.17) is 4.74 Å².